The zero-order chi connectivity index (χ0) is 35.5. The van der Waals surface area contributed by atoms with Crippen LogP contribution in [-0.4, -0.2) is 75.8 Å². The second kappa shape index (κ2) is 15.0. The first-order chi connectivity index (χ1) is 23.4. The molecule has 0 spiro atoms. The lowest BCUT2D eigenvalue weighted by molar-refractivity contribution is -0.167. The molecule has 2 aliphatic rings. The van der Waals surface area contributed by atoms with Gasteiger partial charge in [-0.3, -0.25) is 4.79 Å². The van der Waals surface area contributed by atoms with Crippen molar-refractivity contribution in [3.8, 4) is 11.5 Å². The number of carboxylic acids is 1. The Morgan fingerprint density at radius 1 is 1.08 bits per heavy atom. The van der Waals surface area contributed by atoms with Crippen molar-refractivity contribution in [3.05, 3.63) is 87.5 Å². The predicted octanol–water partition coefficient (Wildman–Crippen LogP) is 5.79. The minimum atomic E-state index is -4.73. The van der Waals surface area contributed by atoms with Crippen LogP contribution in [-0.2, 0) is 33.7 Å². The summed E-state index contributed by atoms with van der Waals surface area (Å²) in [5.41, 5.74) is 2.62. The van der Waals surface area contributed by atoms with E-state index in [0.29, 0.717) is 55.3 Å². The number of carbonyl (C=O) groups is 2. The van der Waals surface area contributed by atoms with Gasteiger partial charge in [-0.2, -0.15) is 13.2 Å². The molecule has 3 aromatic carbocycles. The molecular formula is C35H37F5N2O7. The van der Waals surface area contributed by atoms with E-state index in [1.54, 1.807) is 26.4 Å². The first-order valence-electron chi connectivity index (χ1n) is 15.7. The van der Waals surface area contributed by atoms with Gasteiger partial charge in [0, 0.05) is 36.7 Å². The van der Waals surface area contributed by atoms with Gasteiger partial charge >= 0.3 is 12.1 Å². The van der Waals surface area contributed by atoms with Crippen molar-refractivity contribution in [1.29, 1.82) is 0 Å². The van der Waals surface area contributed by atoms with Crippen LogP contribution >= 0.6 is 0 Å². The fourth-order valence-electron chi connectivity index (χ4n) is 6.64. The number of ether oxygens (including phenoxy) is 4. The van der Waals surface area contributed by atoms with Crippen LogP contribution in [0, 0.1) is 11.6 Å². The number of hydrogen-bond acceptors (Lipinski definition) is 7. The van der Waals surface area contributed by atoms with Crippen LogP contribution < -0.4 is 19.7 Å². The third-order valence-corrected chi connectivity index (χ3v) is 8.91. The molecule has 49 heavy (non-hydrogen) atoms. The van der Waals surface area contributed by atoms with Crippen LogP contribution in [0.4, 0.5) is 27.6 Å². The largest absolute Gasteiger partial charge is 0.496 e. The highest BCUT2D eigenvalue weighted by Gasteiger charge is 2.46. The zero-order valence-corrected chi connectivity index (χ0v) is 27.2. The number of rotatable bonds is 12. The van der Waals surface area contributed by atoms with Crippen LogP contribution in [0.25, 0.3) is 0 Å². The molecule has 1 amide bonds. The summed E-state index contributed by atoms with van der Waals surface area (Å²) < 4.78 is 93.0. The Balaban J connectivity index is 1.39. The van der Waals surface area contributed by atoms with E-state index in [1.165, 1.54) is 0 Å². The maximum absolute atomic E-state index is 15.2. The van der Waals surface area contributed by atoms with Gasteiger partial charge in [-0.25, -0.2) is 13.6 Å². The molecule has 264 valence electrons. The van der Waals surface area contributed by atoms with Gasteiger partial charge in [0.25, 0.3) is 5.91 Å². The Hall–Kier alpha value is -4.43. The molecule has 1 fully saturated rings. The normalized spacial score (nSPS) is 18.2. The Morgan fingerprint density at radius 2 is 1.76 bits per heavy atom. The fourth-order valence-corrected chi connectivity index (χ4v) is 6.64. The number of halogens is 5. The van der Waals surface area contributed by atoms with Crippen molar-refractivity contribution >= 4 is 17.6 Å². The summed E-state index contributed by atoms with van der Waals surface area (Å²) >= 11 is 0. The molecule has 3 atom stereocenters. The molecular weight excluding hydrogens is 655 g/mol. The second-order valence-electron chi connectivity index (χ2n) is 11.8. The number of aliphatic carboxylic acids is 1. The highest BCUT2D eigenvalue weighted by molar-refractivity contribution is 5.97. The molecule has 9 nitrogen and oxygen atoms in total. The molecule has 1 aliphatic carbocycles. The zero-order valence-electron chi connectivity index (χ0n) is 27.2. The molecule has 3 aromatic rings. The molecule has 1 unspecified atom stereocenters. The fraction of sp³-hybridized carbons (Fsp3) is 0.429. The number of carbonyl (C=O) groups excluding carboxylic acids is 1. The minimum absolute atomic E-state index is 0.0931. The first kappa shape index (κ1) is 35.9. The van der Waals surface area contributed by atoms with Gasteiger partial charge in [-0.1, -0.05) is 18.2 Å². The van der Waals surface area contributed by atoms with E-state index in [-0.39, 0.29) is 25.5 Å². The molecule has 1 aliphatic heterocycles. The maximum atomic E-state index is 15.2. The van der Waals surface area contributed by atoms with E-state index in [9.17, 15) is 27.9 Å². The number of nitrogens with one attached hydrogen (secondary N) is 1. The van der Waals surface area contributed by atoms with Crippen molar-refractivity contribution in [2.75, 3.05) is 45.5 Å². The van der Waals surface area contributed by atoms with Crippen LogP contribution in [0.5, 0.6) is 11.5 Å². The molecule has 0 saturated carbocycles. The van der Waals surface area contributed by atoms with Gasteiger partial charge in [0.2, 0.25) is 0 Å². The highest BCUT2D eigenvalue weighted by Crippen LogP contribution is 2.47. The molecule has 5 rings (SSSR count). The first-order valence-corrected chi connectivity index (χ1v) is 15.7. The average Bonchev–Trinajstić information content (AvgIpc) is 3.50. The Bertz CT molecular complexity index is 1650. The van der Waals surface area contributed by atoms with Crippen molar-refractivity contribution in [3.63, 3.8) is 0 Å². The van der Waals surface area contributed by atoms with E-state index in [2.05, 4.69) is 5.32 Å². The summed E-state index contributed by atoms with van der Waals surface area (Å²) in [6, 6.07) is 6.78. The average molecular weight is 693 g/mol. The predicted molar refractivity (Wildman–Crippen MR) is 168 cm³/mol. The van der Waals surface area contributed by atoms with Gasteiger partial charge in [0.1, 0.15) is 40.8 Å². The van der Waals surface area contributed by atoms with Gasteiger partial charge in [0.15, 0.2) is 0 Å². The molecule has 14 heteroatoms. The summed E-state index contributed by atoms with van der Waals surface area (Å²) in [6.45, 7) is 1.72. The van der Waals surface area contributed by atoms with E-state index in [4.69, 9.17) is 18.9 Å². The molecule has 0 bridgehead atoms. The minimum Gasteiger partial charge on any atom is -0.496 e. The number of nitrogens with zero attached hydrogens (tertiary/aromatic N) is 1. The lowest BCUT2D eigenvalue weighted by atomic mass is 9.89. The standard InChI is InChI=1S/C35H37F5N2O7/c1-4-48-17-19-12-28(46-2)31(29(13-19)47-3)24-9-8-22-20(6-5-7-23(22)24)14-27(34(44)45)41-33(43)32-25(36)15-21(16-26(32)37)42-10-11-49-18-30(42)35(38,39)40/h5-7,12-13,15-16,24,27,30H,4,8-11,14,17-18H2,1-3H3,(H,41,43)(H,44,45)/t24?,27-,30+/m0/s1. The Labute approximate surface area is 279 Å². The van der Waals surface area contributed by atoms with Crippen LogP contribution in [0.3, 0.4) is 0 Å². The number of morpholine rings is 1. The van der Waals surface area contributed by atoms with E-state index in [1.807, 2.05) is 25.1 Å². The molecule has 0 aromatic heterocycles. The number of fused-ring (bicyclic) bond motifs is 1. The Kier molecular flexibility index (Phi) is 11.0. The highest BCUT2D eigenvalue weighted by atomic mass is 19.4. The van der Waals surface area contributed by atoms with Gasteiger partial charge in [-0.05, 0) is 66.3 Å². The third kappa shape index (κ3) is 7.59. The molecule has 1 saturated heterocycles. The summed E-state index contributed by atoms with van der Waals surface area (Å²) in [6.07, 6.45) is -3.69. The lowest BCUT2D eigenvalue weighted by Gasteiger charge is -2.38. The lowest BCUT2D eigenvalue weighted by Crippen LogP contribution is -2.53. The molecule has 2 N–H and O–H groups in total. The van der Waals surface area contributed by atoms with Crippen LogP contribution in [0.2, 0.25) is 0 Å². The number of amides is 1. The maximum Gasteiger partial charge on any atom is 0.411 e. The van der Waals surface area contributed by atoms with Crippen molar-refractivity contribution < 1.29 is 55.6 Å². The van der Waals surface area contributed by atoms with Crippen LogP contribution in [0.15, 0.2) is 42.5 Å². The monoisotopic (exact) mass is 692 g/mol. The summed E-state index contributed by atoms with van der Waals surface area (Å²) in [5.74, 6) is -4.56. The van der Waals surface area contributed by atoms with Crippen molar-refractivity contribution in [2.24, 2.45) is 0 Å². The summed E-state index contributed by atoms with van der Waals surface area (Å²) in [4.78, 5) is 26.2. The quantitative estimate of drug-likeness (QED) is 0.230. The van der Waals surface area contributed by atoms with Gasteiger partial charge < -0.3 is 34.3 Å². The van der Waals surface area contributed by atoms with Crippen molar-refractivity contribution in [2.45, 2.75) is 57.0 Å². The Morgan fingerprint density at radius 3 is 2.35 bits per heavy atom. The van der Waals surface area contributed by atoms with E-state index < -0.39 is 59.6 Å². The third-order valence-electron chi connectivity index (χ3n) is 8.91. The SMILES string of the molecule is CCOCc1cc(OC)c(C2CCc3c(C[C@H](NC(=O)c4c(F)cc(N5CCOC[C@@H]5C(F)(F)F)cc4F)C(=O)O)cccc32)c(OC)c1. The number of anilines is 1. The van der Waals surface area contributed by atoms with Crippen molar-refractivity contribution in [1.82, 2.24) is 5.32 Å². The molecule has 0 radical (unpaired) electrons. The van der Waals surface area contributed by atoms with Gasteiger partial charge in [0.05, 0.1) is 34.0 Å². The number of alkyl halides is 3. The molecule has 1 heterocycles. The smallest absolute Gasteiger partial charge is 0.411 e. The van der Waals surface area contributed by atoms with E-state index >= 15 is 8.78 Å². The number of hydrogen-bond donors (Lipinski definition) is 2. The van der Waals surface area contributed by atoms with Crippen LogP contribution in [0.1, 0.15) is 57.4 Å². The van der Waals surface area contributed by atoms with E-state index in [0.717, 1.165) is 27.2 Å². The second-order valence-corrected chi connectivity index (χ2v) is 11.8. The number of methoxy groups -OCH3 is 2. The summed E-state index contributed by atoms with van der Waals surface area (Å²) in [5, 5.41) is 12.2. The topological polar surface area (TPSA) is 107 Å². The number of carboxylic acid groups (broad SMARTS) is 1. The summed E-state index contributed by atoms with van der Waals surface area (Å²) in [7, 11) is 3.13. The van der Waals surface area contributed by atoms with Gasteiger partial charge in [-0.15, -0.1) is 0 Å². The number of benzene rings is 3.